The molecule has 0 amide bonds. The number of benzene rings is 1. The summed E-state index contributed by atoms with van der Waals surface area (Å²) in [5, 5.41) is 3.77. The minimum atomic E-state index is 0.464. The van der Waals surface area contributed by atoms with Crippen LogP contribution in [-0.4, -0.2) is 30.6 Å². The van der Waals surface area contributed by atoms with Crippen LogP contribution in [0.5, 0.6) is 0 Å². The van der Waals surface area contributed by atoms with Crippen molar-refractivity contribution in [1.29, 1.82) is 0 Å². The Balaban J connectivity index is 2.13. The minimum Gasteiger partial charge on any atom is -0.309 e. The highest BCUT2D eigenvalue weighted by Crippen LogP contribution is 2.24. The number of nitrogens with zero attached hydrogens (tertiary/aromatic N) is 1. The highest BCUT2D eigenvalue weighted by molar-refractivity contribution is 5.33. The van der Waals surface area contributed by atoms with Gasteiger partial charge in [0.2, 0.25) is 0 Å². The van der Waals surface area contributed by atoms with E-state index in [4.69, 9.17) is 0 Å². The quantitative estimate of drug-likeness (QED) is 0.843. The molecule has 118 valence electrons. The first-order chi connectivity index (χ1) is 10.1. The van der Waals surface area contributed by atoms with Crippen LogP contribution < -0.4 is 5.32 Å². The summed E-state index contributed by atoms with van der Waals surface area (Å²) in [4.78, 5) is 2.68. The van der Waals surface area contributed by atoms with Crippen LogP contribution in [0.3, 0.4) is 0 Å². The van der Waals surface area contributed by atoms with Gasteiger partial charge in [-0.05, 0) is 64.3 Å². The molecule has 1 heterocycles. The number of nitrogens with one attached hydrogen (secondary N) is 1. The second-order valence-corrected chi connectivity index (χ2v) is 6.71. The van der Waals surface area contributed by atoms with Crippen molar-refractivity contribution in [2.75, 3.05) is 19.6 Å². The van der Waals surface area contributed by atoms with Crippen LogP contribution in [0.15, 0.2) is 18.2 Å². The van der Waals surface area contributed by atoms with Gasteiger partial charge in [-0.15, -0.1) is 0 Å². The van der Waals surface area contributed by atoms with Crippen molar-refractivity contribution in [3.63, 3.8) is 0 Å². The molecule has 1 aromatic rings. The Bertz CT molecular complexity index is 441. The molecule has 1 saturated heterocycles. The number of likely N-dealkylation sites (tertiary alicyclic amines) is 1. The zero-order chi connectivity index (χ0) is 15.2. The van der Waals surface area contributed by atoms with Crippen molar-refractivity contribution in [1.82, 2.24) is 10.2 Å². The van der Waals surface area contributed by atoms with Crippen LogP contribution in [0.2, 0.25) is 0 Å². The molecule has 0 bridgehead atoms. The molecule has 1 fully saturated rings. The predicted octanol–water partition coefficient (Wildman–Crippen LogP) is 4.22. The summed E-state index contributed by atoms with van der Waals surface area (Å²) in [6.07, 6.45) is 5.30. The molecule has 0 saturated carbocycles. The zero-order valence-electron chi connectivity index (χ0n) is 14.3. The van der Waals surface area contributed by atoms with E-state index >= 15 is 0 Å². The third-order valence-corrected chi connectivity index (χ3v) is 4.80. The molecular formula is C19H32N2. The molecule has 0 spiro atoms. The van der Waals surface area contributed by atoms with E-state index in [1.54, 1.807) is 0 Å². The molecule has 21 heavy (non-hydrogen) atoms. The Morgan fingerprint density at radius 2 is 2.10 bits per heavy atom. The topological polar surface area (TPSA) is 15.3 Å². The fraction of sp³-hybridized carbons (Fsp3) is 0.684. The fourth-order valence-corrected chi connectivity index (χ4v) is 3.47. The predicted molar refractivity (Wildman–Crippen MR) is 91.8 cm³/mol. The SMILES string of the molecule is CCCNC(CN1CCCCC1C)c1ccc(C)cc1C. The van der Waals surface area contributed by atoms with Gasteiger partial charge in [0.15, 0.2) is 0 Å². The summed E-state index contributed by atoms with van der Waals surface area (Å²) in [6, 6.07) is 8.09. The molecule has 2 nitrogen and oxygen atoms in total. The Hall–Kier alpha value is -0.860. The van der Waals surface area contributed by atoms with E-state index in [1.165, 1.54) is 48.9 Å². The van der Waals surface area contributed by atoms with Gasteiger partial charge in [-0.2, -0.15) is 0 Å². The summed E-state index contributed by atoms with van der Waals surface area (Å²) in [6.45, 7) is 12.6. The van der Waals surface area contributed by atoms with Gasteiger partial charge in [-0.3, -0.25) is 4.90 Å². The first kappa shape index (κ1) is 16.5. The molecule has 1 aliphatic heterocycles. The maximum absolute atomic E-state index is 3.77. The lowest BCUT2D eigenvalue weighted by atomic mass is 9.96. The smallest absolute Gasteiger partial charge is 0.0452 e. The summed E-state index contributed by atoms with van der Waals surface area (Å²) >= 11 is 0. The average molecular weight is 288 g/mol. The van der Waals surface area contributed by atoms with Crippen LogP contribution in [0.25, 0.3) is 0 Å². The van der Waals surface area contributed by atoms with Crippen molar-refractivity contribution in [3.8, 4) is 0 Å². The monoisotopic (exact) mass is 288 g/mol. The fourth-order valence-electron chi connectivity index (χ4n) is 3.47. The average Bonchev–Trinajstić information content (AvgIpc) is 2.46. The van der Waals surface area contributed by atoms with Crippen LogP contribution in [-0.2, 0) is 0 Å². The van der Waals surface area contributed by atoms with Crippen LogP contribution in [0.1, 0.15) is 62.3 Å². The van der Waals surface area contributed by atoms with Gasteiger partial charge in [0.05, 0.1) is 0 Å². The van der Waals surface area contributed by atoms with Gasteiger partial charge in [0, 0.05) is 18.6 Å². The Morgan fingerprint density at radius 1 is 1.29 bits per heavy atom. The van der Waals surface area contributed by atoms with Gasteiger partial charge in [-0.25, -0.2) is 0 Å². The van der Waals surface area contributed by atoms with Crippen LogP contribution in [0.4, 0.5) is 0 Å². The lowest BCUT2D eigenvalue weighted by Crippen LogP contribution is -2.43. The lowest BCUT2D eigenvalue weighted by Gasteiger charge is -2.36. The molecule has 2 rings (SSSR count). The van der Waals surface area contributed by atoms with E-state index in [0.717, 1.165) is 19.1 Å². The largest absolute Gasteiger partial charge is 0.309 e. The molecular weight excluding hydrogens is 256 g/mol. The molecule has 0 aliphatic carbocycles. The summed E-state index contributed by atoms with van der Waals surface area (Å²) in [7, 11) is 0. The third kappa shape index (κ3) is 4.55. The van der Waals surface area contributed by atoms with Crippen molar-refractivity contribution in [3.05, 3.63) is 34.9 Å². The zero-order valence-corrected chi connectivity index (χ0v) is 14.3. The Labute approximate surface area is 130 Å². The molecule has 1 aliphatic rings. The highest BCUT2D eigenvalue weighted by Gasteiger charge is 2.23. The Kier molecular flexibility index (Phi) is 6.25. The second-order valence-electron chi connectivity index (χ2n) is 6.71. The maximum atomic E-state index is 3.77. The van der Waals surface area contributed by atoms with E-state index in [9.17, 15) is 0 Å². The third-order valence-electron chi connectivity index (χ3n) is 4.80. The summed E-state index contributed by atoms with van der Waals surface area (Å²) in [5.41, 5.74) is 4.26. The van der Waals surface area contributed by atoms with Crippen molar-refractivity contribution in [2.24, 2.45) is 0 Å². The number of piperidine rings is 1. The molecule has 2 unspecified atom stereocenters. The number of hydrogen-bond donors (Lipinski definition) is 1. The molecule has 0 radical (unpaired) electrons. The normalized spacial score (nSPS) is 21.4. The van der Waals surface area contributed by atoms with Gasteiger partial charge >= 0.3 is 0 Å². The summed E-state index contributed by atoms with van der Waals surface area (Å²) < 4.78 is 0. The lowest BCUT2D eigenvalue weighted by molar-refractivity contribution is 0.144. The maximum Gasteiger partial charge on any atom is 0.0452 e. The van der Waals surface area contributed by atoms with E-state index in [0.29, 0.717) is 6.04 Å². The van der Waals surface area contributed by atoms with Gasteiger partial charge in [0.25, 0.3) is 0 Å². The Morgan fingerprint density at radius 3 is 2.76 bits per heavy atom. The molecule has 0 aromatic heterocycles. The highest BCUT2D eigenvalue weighted by atomic mass is 15.2. The van der Waals surface area contributed by atoms with E-state index in [1.807, 2.05) is 0 Å². The second kappa shape index (κ2) is 7.95. The van der Waals surface area contributed by atoms with Crippen molar-refractivity contribution in [2.45, 2.75) is 65.5 Å². The molecule has 2 heteroatoms. The van der Waals surface area contributed by atoms with Gasteiger partial charge < -0.3 is 5.32 Å². The standard InChI is InChI=1S/C19H32N2/c1-5-11-20-19(14-21-12-7-6-8-17(21)4)18-10-9-15(2)13-16(18)3/h9-10,13,17,19-20H,5-8,11-12,14H2,1-4H3. The van der Waals surface area contributed by atoms with E-state index in [2.05, 4.69) is 56.1 Å². The van der Waals surface area contributed by atoms with Gasteiger partial charge in [0.1, 0.15) is 0 Å². The molecule has 2 atom stereocenters. The number of hydrogen-bond acceptors (Lipinski definition) is 2. The van der Waals surface area contributed by atoms with Gasteiger partial charge in [-0.1, -0.05) is 37.1 Å². The van der Waals surface area contributed by atoms with Crippen LogP contribution >= 0.6 is 0 Å². The first-order valence-electron chi connectivity index (χ1n) is 8.66. The number of rotatable bonds is 6. The van der Waals surface area contributed by atoms with Crippen molar-refractivity contribution >= 4 is 0 Å². The molecule has 1 N–H and O–H groups in total. The van der Waals surface area contributed by atoms with E-state index in [-0.39, 0.29) is 0 Å². The van der Waals surface area contributed by atoms with E-state index < -0.39 is 0 Å². The molecule has 1 aromatic carbocycles. The number of aryl methyl sites for hydroxylation is 2. The summed E-state index contributed by atoms with van der Waals surface area (Å²) in [5.74, 6) is 0. The first-order valence-corrected chi connectivity index (χ1v) is 8.66. The van der Waals surface area contributed by atoms with Crippen molar-refractivity contribution < 1.29 is 0 Å². The van der Waals surface area contributed by atoms with Crippen LogP contribution in [0, 0.1) is 13.8 Å². The minimum absolute atomic E-state index is 0.464.